The van der Waals surface area contributed by atoms with Crippen LogP contribution in [0.4, 0.5) is 0 Å². The van der Waals surface area contributed by atoms with Gasteiger partial charge in [-0.3, -0.25) is 4.79 Å². The van der Waals surface area contributed by atoms with Crippen LogP contribution in [0, 0.1) is 0 Å². The van der Waals surface area contributed by atoms with Crippen molar-refractivity contribution in [2.24, 2.45) is 5.73 Å². The third kappa shape index (κ3) is 5.14. The van der Waals surface area contributed by atoms with E-state index in [0.717, 1.165) is 38.9 Å². The second-order valence-corrected chi connectivity index (χ2v) is 4.14. The van der Waals surface area contributed by atoms with Crippen molar-refractivity contribution in [3.05, 3.63) is 0 Å². The predicted octanol–water partition coefficient (Wildman–Crippen LogP) is 0.753. The molecular weight excluding hydrogens is 192 g/mol. The van der Waals surface area contributed by atoms with E-state index in [2.05, 4.69) is 4.90 Å². The molecule has 0 spiro atoms. The summed E-state index contributed by atoms with van der Waals surface area (Å²) in [5.74, 6) is -0.0662. The summed E-state index contributed by atoms with van der Waals surface area (Å²) in [5, 5.41) is 0. The number of ether oxygens (including phenoxy) is 1. The lowest BCUT2D eigenvalue weighted by Crippen LogP contribution is -2.55. The minimum Gasteiger partial charge on any atom is -0.466 e. The van der Waals surface area contributed by atoms with Gasteiger partial charge in [0.05, 0.1) is 6.61 Å². The number of nitrogens with zero attached hydrogens (tertiary/aromatic N) is 1. The minimum absolute atomic E-state index is 0.0662. The molecular formula is C11H22N2O2. The van der Waals surface area contributed by atoms with Crippen molar-refractivity contribution in [2.45, 2.75) is 38.6 Å². The first kappa shape index (κ1) is 12.5. The first-order valence-corrected chi connectivity index (χ1v) is 5.86. The number of rotatable bonds is 7. The van der Waals surface area contributed by atoms with E-state index in [0.29, 0.717) is 19.1 Å². The highest BCUT2D eigenvalue weighted by Crippen LogP contribution is 2.08. The first-order chi connectivity index (χ1) is 7.22. The molecule has 0 aromatic heterocycles. The standard InChI is InChI=1S/C11H22N2O2/c1-2-15-11(14)6-4-3-5-7-13-8-10(12)9-13/h10H,2-9,12H2,1H3. The van der Waals surface area contributed by atoms with Crippen molar-refractivity contribution in [3.63, 3.8) is 0 Å². The van der Waals surface area contributed by atoms with Crippen LogP contribution in [0.1, 0.15) is 32.6 Å². The van der Waals surface area contributed by atoms with Crippen LogP contribution in [0.5, 0.6) is 0 Å². The Hall–Kier alpha value is -0.610. The Labute approximate surface area is 91.8 Å². The quantitative estimate of drug-likeness (QED) is 0.502. The van der Waals surface area contributed by atoms with E-state index in [4.69, 9.17) is 10.5 Å². The second-order valence-electron chi connectivity index (χ2n) is 4.14. The molecule has 1 saturated heterocycles. The maximum Gasteiger partial charge on any atom is 0.305 e. The summed E-state index contributed by atoms with van der Waals surface area (Å²) < 4.78 is 4.85. The van der Waals surface area contributed by atoms with Gasteiger partial charge in [-0.25, -0.2) is 0 Å². The van der Waals surface area contributed by atoms with Crippen LogP contribution < -0.4 is 5.73 Å². The molecule has 4 heteroatoms. The molecule has 2 N–H and O–H groups in total. The van der Waals surface area contributed by atoms with Gasteiger partial charge < -0.3 is 15.4 Å². The van der Waals surface area contributed by atoms with Crippen LogP contribution in [0.15, 0.2) is 0 Å². The molecule has 1 fully saturated rings. The van der Waals surface area contributed by atoms with Gasteiger partial charge in [-0.15, -0.1) is 0 Å². The fourth-order valence-corrected chi connectivity index (χ4v) is 1.81. The fourth-order valence-electron chi connectivity index (χ4n) is 1.81. The fraction of sp³-hybridized carbons (Fsp3) is 0.909. The molecule has 1 heterocycles. The van der Waals surface area contributed by atoms with E-state index in [1.807, 2.05) is 6.92 Å². The van der Waals surface area contributed by atoms with E-state index in [1.54, 1.807) is 0 Å². The minimum atomic E-state index is -0.0662. The van der Waals surface area contributed by atoms with Crippen LogP contribution in [0.2, 0.25) is 0 Å². The van der Waals surface area contributed by atoms with Crippen molar-refractivity contribution < 1.29 is 9.53 Å². The number of carbonyl (C=O) groups is 1. The predicted molar refractivity (Wildman–Crippen MR) is 59.5 cm³/mol. The zero-order valence-electron chi connectivity index (χ0n) is 9.58. The highest BCUT2D eigenvalue weighted by molar-refractivity contribution is 5.69. The third-order valence-corrected chi connectivity index (χ3v) is 2.65. The van der Waals surface area contributed by atoms with Gasteiger partial charge in [0, 0.05) is 25.6 Å². The van der Waals surface area contributed by atoms with Gasteiger partial charge in [-0.05, 0) is 26.3 Å². The number of carbonyl (C=O) groups excluding carboxylic acids is 1. The molecule has 1 aliphatic heterocycles. The molecule has 0 bridgehead atoms. The summed E-state index contributed by atoms with van der Waals surface area (Å²) in [6, 6.07) is 0.393. The van der Waals surface area contributed by atoms with Crippen molar-refractivity contribution in [1.29, 1.82) is 0 Å². The molecule has 0 aromatic carbocycles. The molecule has 0 atom stereocenters. The SMILES string of the molecule is CCOC(=O)CCCCCN1CC(N)C1. The Bertz CT molecular complexity index is 191. The Morgan fingerprint density at radius 1 is 1.40 bits per heavy atom. The van der Waals surface area contributed by atoms with Crippen LogP contribution >= 0.6 is 0 Å². The summed E-state index contributed by atoms with van der Waals surface area (Å²) >= 11 is 0. The van der Waals surface area contributed by atoms with Gasteiger partial charge in [0.15, 0.2) is 0 Å². The third-order valence-electron chi connectivity index (χ3n) is 2.65. The lowest BCUT2D eigenvalue weighted by atomic mass is 10.1. The Balaban J connectivity index is 1.83. The largest absolute Gasteiger partial charge is 0.466 e. The average Bonchev–Trinajstić information content (AvgIpc) is 2.14. The summed E-state index contributed by atoms with van der Waals surface area (Å²) in [6.07, 6.45) is 3.77. The van der Waals surface area contributed by atoms with Gasteiger partial charge in [-0.1, -0.05) is 6.42 Å². The maximum atomic E-state index is 11.0. The number of hydrogen-bond donors (Lipinski definition) is 1. The number of likely N-dealkylation sites (tertiary alicyclic amines) is 1. The summed E-state index contributed by atoms with van der Waals surface area (Å²) in [7, 11) is 0. The zero-order chi connectivity index (χ0) is 11.1. The molecule has 0 amide bonds. The number of unbranched alkanes of at least 4 members (excludes halogenated alkanes) is 2. The molecule has 0 aromatic rings. The summed E-state index contributed by atoms with van der Waals surface area (Å²) in [5.41, 5.74) is 5.67. The molecule has 0 unspecified atom stereocenters. The van der Waals surface area contributed by atoms with Gasteiger partial charge >= 0.3 is 5.97 Å². The van der Waals surface area contributed by atoms with Crippen LogP contribution in [0.3, 0.4) is 0 Å². The molecule has 0 saturated carbocycles. The van der Waals surface area contributed by atoms with E-state index < -0.39 is 0 Å². The van der Waals surface area contributed by atoms with Gasteiger partial charge in [0.1, 0.15) is 0 Å². The highest BCUT2D eigenvalue weighted by Gasteiger charge is 2.21. The van der Waals surface area contributed by atoms with Crippen molar-refractivity contribution in [2.75, 3.05) is 26.2 Å². The number of nitrogens with two attached hydrogens (primary N) is 1. The first-order valence-electron chi connectivity index (χ1n) is 5.86. The summed E-state index contributed by atoms with van der Waals surface area (Å²) in [4.78, 5) is 13.4. The van der Waals surface area contributed by atoms with Crippen molar-refractivity contribution in [1.82, 2.24) is 4.90 Å². The highest BCUT2D eigenvalue weighted by atomic mass is 16.5. The maximum absolute atomic E-state index is 11.0. The zero-order valence-corrected chi connectivity index (χ0v) is 9.58. The lowest BCUT2D eigenvalue weighted by Gasteiger charge is -2.36. The topological polar surface area (TPSA) is 55.6 Å². The molecule has 0 aliphatic carbocycles. The Morgan fingerprint density at radius 2 is 2.13 bits per heavy atom. The molecule has 1 aliphatic rings. The molecule has 0 radical (unpaired) electrons. The number of hydrogen-bond acceptors (Lipinski definition) is 4. The smallest absolute Gasteiger partial charge is 0.305 e. The monoisotopic (exact) mass is 214 g/mol. The van der Waals surface area contributed by atoms with E-state index in [9.17, 15) is 4.79 Å². The number of esters is 1. The van der Waals surface area contributed by atoms with Crippen molar-refractivity contribution >= 4 is 5.97 Å². The van der Waals surface area contributed by atoms with Crippen LogP contribution in [-0.2, 0) is 9.53 Å². The molecule has 88 valence electrons. The Kier molecular flexibility index (Phi) is 5.65. The van der Waals surface area contributed by atoms with E-state index in [-0.39, 0.29) is 5.97 Å². The molecule has 15 heavy (non-hydrogen) atoms. The van der Waals surface area contributed by atoms with Crippen LogP contribution in [0.25, 0.3) is 0 Å². The lowest BCUT2D eigenvalue weighted by molar-refractivity contribution is -0.143. The molecule has 4 nitrogen and oxygen atoms in total. The van der Waals surface area contributed by atoms with Crippen molar-refractivity contribution in [3.8, 4) is 0 Å². The van der Waals surface area contributed by atoms with Crippen LogP contribution in [-0.4, -0.2) is 43.2 Å². The average molecular weight is 214 g/mol. The van der Waals surface area contributed by atoms with Gasteiger partial charge in [-0.2, -0.15) is 0 Å². The second kappa shape index (κ2) is 6.80. The molecule has 1 rings (SSSR count). The van der Waals surface area contributed by atoms with Gasteiger partial charge in [0.25, 0.3) is 0 Å². The Morgan fingerprint density at radius 3 is 2.73 bits per heavy atom. The van der Waals surface area contributed by atoms with Gasteiger partial charge in [0.2, 0.25) is 0 Å². The van der Waals surface area contributed by atoms with E-state index in [1.165, 1.54) is 0 Å². The summed E-state index contributed by atoms with van der Waals surface area (Å²) in [6.45, 7) is 5.53. The van der Waals surface area contributed by atoms with E-state index >= 15 is 0 Å². The normalized spacial score (nSPS) is 17.5.